The van der Waals surface area contributed by atoms with E-state index in [0.29, 0.717) is 33.4 Å². The van der Waals surface area contributed by atoms with Crippen LogP contribution in [0.4, 0.5) is 26.2 Å². The van der Waals surface area contributed by atoms with E-state index in [-0.39, 0.29) is 17.8 Å². The highest BCUT2D eigenvalue weighted by Gasteiger charge is 2.13. The lowest BCUT2D eigenvalue weighted by molar-refractivity contribution is 0.102. The van der Waals surface area contributed by atoms with Gasteiger partial charge in [-0.25, -0.2) is 14.2 Å². The molecule has 0 radical (unpaired) electrons. The fourth-order valence-electron chi connectivity index (χ4n) is 3.06. The van der Waals surface area contributed by atoms with Gasteiger partial charge in [0.2, 0.25) is 0 Å². The molecule has 0 spiro atoms. The molecule has 0 aliphatic rings. The van der Waals surface area contributed by atoms with Crippen molar-refractivity contribution in [1.82, 2.24) is 4.98 Å². The lowest BCUT2D eigenvalue weighted by atomic mass is 10.2. The van der Waals surface area contributed by atoms with Gasteiger partial charge < -0.3 is 16.0 Å². The van der Waals surface area contributed by atoms with Crippen molar-refractivity contribution < 1.29 is 14.0 Å². The number of carbonyl (C=O) groups excluding carboxylic acids is 2. The summed E-state index contributed by atoms with van der Waals surface area (Å²) in [6.45, 7) is 0. The highest BCUT2D eigenvalue weighted by Crippen LogP contribution is 2.25. The van der Waals surface area contributed by atoms with Crippen LogP contribution in [0.2, 0.25) is 0 Å². The van der Waals surface area contributed by atoms with Crippen molar-refractivity contribution in [1.29, 1.82) is 0 Å². The highest BCUT2D eigenvalue weighted by molar-refractivity contribution is 7.98. The summed E-state index contributed by atoms with van der Waals surface area (Å²) in [7, 11) is 0. The van der Waals surface area contributed by atoms with E-state index in [1.807, 2.05) is 18.2 Å². The first kappa shape index (κ1) is 23.0. The number of anilines is 3. The van der Waals surface area contributed by atoms with Gasteiger partial charge in [-0.2, -0.15) is 0 Å². The molecular formula is C26H21FN4O2S. The molecule has 6 nitrogen and oxygen atoms in total. The zero-order valence-electron chi connectivity index (χ0n) is 18.0. The Morgan fingerprint density at radius 3 is 2.03 bits per heavy atom. The van der Waals surface area contributed by atoms with E-state index < -0.39 is 0 Å². The van der Waals surface area contributed by atoms with E-state index in [1.54, 1.807) is 66.9 Å². The number of nitrogens with one attached hydrogen (secondary N) is 3. The van der Waals surface area contributed by atoms with Crippen LogP contribution >= 0.6 is 11.8 Å². The van der Waals surface area contributed by atoms with Crippen LogP contribution < -0.4 is 16.0 Å². The van der Waals surface area contributed by atoms with Crippen molar-refractivity contribution in [2.24, 2.45) is 0 Å². The number of hydrogen-bond acceptors (Lipinski definition) is 4. The maximum Gasteiger partial charge on any atom is 0.323 e. The Morgan fingerprint density at radius 1 is 0.735 bits per heavy atom. The molecule has 0 aliphatic carbocycles. The maximum atomic E-state index is 13.1. The maximum absolute atomic E-state index is 13.1. The average molecular weight is 473 g/mol. The summed E-state index contributed by atoms with van der Waals surface area (Å²) in [5.41, 5.74) is 3.23. The Kier molecular flexibility index (Phi) is 7.52. The third-order valence-corrected chi connectivity index (χ3v) is 5.81. The molecule has 34 heavy (non-hydrogen) atoms. The predicted octanol–water partition coefficient (Wildman–Crippen LogP) is 6.41. The zero-order chi connectivity index (χ0) is 23.8. The van der Waals surface area contributed by atoms with Crippen molar-refractivity contribution in [2.75, 3.05) is 16.0 Å². The Hall–Kier alpha value is -4.17. The molecule has 1 heterocycles. The Balaban J connectivity index is 1.35. The van der Waals surface area contributed by atoms with Crippen molar-refractivity contribution in [2.45, 2.75) is 10.8 Å². The summed E-state index contributed by atoms with van der Waals surface area (Å²) >= 11 is 1.41. The second kappa shape index (κ2) is 11.1. The monoisotopic (exact) mass is 472 g/mol. The third-order valence-electron chi connectivity index (χ3n) is 4.74. The van der Waals surface area contributed by atoms with Crippen LogP contribution in [-0.4, -0.2) is 16.9 Å². The van der Waals surface area contributed by atoms with Crippen molar-refractivity contribution in [3.05, 3.63) is 114 Å². The van der Waals surface area contributed by atoms with Crippen molar-refractivity contribution in [3.63, 3.8) is 0 Å². The molecular weight excluding hydrogens is 451 g/mol. The normalized spacial score (nSPS) is 10.4. The summed E-state index contributed by atoms with van der Waals surface area (Å²) in [6.07, 6.45) is 1.63. The van der Waals surface area contributed by atoms with E-state index in [1.165, 1.54) is 23.9 Å². The summed E-state index contributed by atoms with van der Waals surface area (Å²) in [5, 5.41) is 8.93. The van der Waals surface area contributed by atoms with Gasteiger partial charge in [0.25, 0.3) is 5.91 Å². The summed E-state index contributed by atoms with van der Waals surface area (Å²) in [5.74, 6) is -0.0230. The van der Waals surface area contributed by atoms with Gasteiger partial charge in [-0.15, -0.1) is 11.8 Å². The molecule has 3 N–H and O–H groups in total. The number of nitrogens with zero attached hydrogens (tertiary/aromatic N) is 1. The van der Waals surface area contributed by atoms with Crippen molar-refractivity contribution >= 4 is 40.8 Å². The minimum absolute atomic E-state index is 0.287. The van der Waals surface area contributed by atoms with Gasteiger partial charge in [0.1, 0.15) is 10.8 Å². The fourth-order valence-corrected chi connectivity index (χ4v) is 4.01. The molecule has 0 bridgehead atoms. The van der Waals surface area contributed by atoms with E-state index in [0.717, 1.165) is 5.56 Å². The molecule has 0 saturated carbocycles. The second-order valence-corrected chi connectivity index (χ2v) is 8.21. The number of halogens is 1. The quantitative estimate of drug-likeness (QED) is 0.272. The molecule has 3 amide bonds. The van der Waals surface area contributed by atoms with E-state index >= 15 is 0 Å². The van der Waals surface area contributed by atoms with Gasteiger partial charge >= 0.3 is 6.03 Å². The van der Waals surface area contributed by atoms with Gasteiger partial charge in [-0.3, -0.25) is 4.79 Å². The van der Waals surface area contributed by atoms with Crippen LogP contribution in [0.25, 0.3) is 0 Å². The zero-order valence-corrected chi connectivity index (χ0v) is 18.8. The number of para-hydroxylation sites is 1. The topological polar surface area (TPSA) is 83.1 Å². The van der Waals surface area contributed by atoms with Gasteiger partial charge in [-0.1, -0.05) is 30.3 Å². The minimum Gasteiger partial charge on any atom is -0.322 e. The third kappa shape index (κ3) is 6.43. The summed E-state index contributed by atoms with van der Waals surface area (Å²) in [4.78, 5) is 29.3. The number of thioether (sulfide) groups is 1. The molecule has 3 aromatic carbocycles. The second-order valence-electron chi connectivity index (χ2n) is 7.25. The fraction of sp³-hybridized carbons (Fsp3) is 0.0385. The number of aromatic nitrogens is 1. The van der Waals surface area contributed by atoms with Crippen LogP contribution in [0.1, 0.15) is 15.9 Å². The van der Waals surface area contributed by atoms with Crippen molar-refractivity contribution in [3.8, 4) is 0 Å². The first-order valence-corrected chi connectivity index (χ1v) is 11.4. The molecule has 0 atom stereocenters. The Labute approximate surface area is 200 Å². The number of urea groups is 1. The number of amides is 3. The number of hydrogen-bond donors (Lipinski definition) is 3. The predicted molar refractivity (Wildman–Crippen MR) is 134 cm³/mol. The molecule has 0 fully saturated rings. The Bertz CT molecular complexity index is 1270. The molecule has 1 aromatic heterocycles. The first-order chi connectivity index (χ1) is 16.6. The number of carbonyl (C=O) groups is 2. The smallest absolute Gasteiger partial charge is 0.322 e. The lowest BCUT2D eigenvalue weighted by Crippen LogP contribution is -2.19. The van der Waals surface area contributed by atoms with Gasteiger partial charge in [0.05, 0.1) is 5.56 Å². The van der Waals surface area contributed by atoms with Crippen LogP contribution in [-0.2, 0) is 5.75 Å². The molecule has 4 aromatic rings. The molecule has 170 valence electrons. The van der Waals surface area contributed by atoms with Crippen LogP contribution in [0.3, 0.4) is 0 Å². The molecule has 0 aliphatic heterocycles. The van der Waals surface area contributed by atoms with Crippen LogP contribution in [0.15, 0.2) is 102 Å². The van der Waals surface area contributed by atoms with Gasteiger partial charge in [-0.05, 0) is 66.2 Å². The van der Waals surface area contributed by atoms with Gasteiger partial charge in [0, 0.05) is 29.0 Å². The Morgan fingerprint density at radius 2 is 1.35 bits per heavy atom. The summed E-state index contributed by atoms with van der Waals surface area (Å²) in [6, 6.07) is 25.2. The molecule has 4 rings (SSSR count). The van der Waals surface area contributed by atoms with Gasteiger partial charge in [0.15, 0.2) is 0 Å². The number of rotatable bonds is 7. The highest BCUT2D eigenvalue weighted by atomic mass is 32.2. The van der Waals surface area contributed by atoms with E-state index in [9.17, 15) is 14.0 Å². The van der Waals surface area contributed by atoms with Crippen LogP contribution in [0.5, 0.6) is 0 Å². The van der Waals surface area contributed by atoms with E-state index in [2.05, 4.69) is 20.9 Å². The molecule has 8 heteroatoms. The average Bonchev–Trinajstić information content (AvgIpc) is 2.85. The number of pyridine rings is 1. The summed E-state index contributed by atoms with van der Waals surface area (Å²) < 4.78 is 13.1. The first-order valence-electron chi connectivity index (χ1n) is 10.4. The number of benzene rings is 3. The van der Waals surface area contributed by atoms with E-state index in [4.69, 9.17) is 0 Å². The molecule has 0 saturated heterocycles. The molecule has 0 unspecified atom stereocenters. The largest absolute Gasteiger partial charge is 0.323 e. The SMILES string of the molecule is O=C(Nc1ccccc1)Nc1ccc(NC(=O)c2cccnc2SCc2ccc(F)cc2)cc1. The minimum atomic E-state index is -0.360. The standard InChI is InChI=1S/C26H21FN4O2S/c27-19-10-8-18(9-11-19)17-34-25-23(7-4-16-28-25)24(32)29-21-12-14-22(15-13-21)31-26(33)30-20-5-2-1-3-6-20/h1-16H,17H2,(H,29,32)(H2,30,31,33). The lowest BCUT2D eigenvalue weighted by Gasteiger charge is -2.11. The van der Waals surface area contributed by atoms with Crippen LogP contribution in [0, 0.1) is 5.82 Å².